The summed E-state index contributed by atoms with van der Waals surface area (Å²) in [4.78, 5) is 72.1. The second kappa shape index (κ2) is 8.09. The minimum atomic E-state index is -1.08. The molecule has 2 aliphatic heterocycles. The fraction of sp³-hybridized carbons (Fsp3) is 0.333. The molecule has 0 saturated carbocycles. The number of nitrogens with one attached hydrogen (secondary N) is 3. The molecule has 1 saturated heterocycles. The van der Waals surface area contributed by atoms with Gasteiger partial charge in [0.15, 0.2) is 0 Å². The van der Waals surface area contributed by atoms with E-state index in [2.05, 4.69) is 16.0 Å². The smallest absolute Gasteiger partial charge is 0.305 e. The Labute approximate surface area is 164 Å². The van der Waals surface area contributed by atoms with Crippen molar-refractivity contribution in [1.82, 2.24) is 15.5 Å². The highest BCUT2D eigenvalue weighted by Crippen LogP contribution is 2.32. The van der Waals surface area contributed by atoms with Crippen molar-refractivity contribution in [2.75, 3.05) is 18.4 Å². The summed E-state index contributed by atoms with van der Waals surface area (Å²) in [5.74, 6) is -4.02. The molecule has 29 heavy (non-hydrogen) atoms. The molecule has 1 aromatic carbocycles. The largest absolute Gasteiger partial charge is 0.481 e. The lowest BCUT2D eigenvalue weighted by molar-refractivity contribution is -0.138. The number of fused-ring (bicyclic) bond motifs is 1. The molecular weight excluding hydrogens is 384 g/mol. The van der Waals surface area contributed by atoms with Gasteiger partial charge in [0, 0.05) is 18.7 Å². The van der Waals surface area contributed by atoms with Gasteiger partial charge in [-0.3, -0.25) is 39.0 Å². The molecular formula is C18H18N4O7. The third-order valence-electron chi connectivity index (χ3n) is 4.57. The number of carbonyl (C=O) groups excluding carboxylic acids is 5. The molecule has 1 fully saturated rings. The number of benzene rings is 1. The number of rotatable bonds is 7. The summed E-state index contributed by atoms with van der Waals surface area (Å²) < 4.78 is 0. The lowest BCUT2D eigenvalue weighted by atomic mass is 10.0. The van der Waals surface area contributed by atoms with Crippen LogP contribution in [0.15, 0.2) is 18.2 Å². The molecule has 0 radical (unpaired) electrons. The number of carbonyl (C=O) groups is 6. The number of carboxylic acid groups (broad SMARTS) is 1. The molecule has 0 aliphatic carbocycles. The van der Waals surface area contributed by atoms with Crippen LogP contribution in [0.1, 0.15) is 40.0 Å². The molecule has 11 heteroatoms. The molecule has 1 unspecified atom stereocenters. The topological polar surface area (TPSA) is 162 Å². The second-order valence-electron chi connectivity index (χ2n) is 6.52. The zero-order valence-electron chi connectivity index (χ0n) is 15.2. The van der Waals surface area contributed by atoms with Gasteiger partial charge in [-0.05, 0) is 18.6 Å². The molecule has 0 aromatic heterocycles. The molecule has 1 aromatic rings. The third-order valence-corrected chi connectivity index (χ3v) is 4.57. The van der Waals surface area contributed by atoms with Crippen molar-refractivity contribution in [2.45, 2.75) is 25.3 Å². The highest BCUT2D eigenvalue weighted by molar-refractivity contribution is 6.25. The lowest BCUT2D eigenvalue weighted by Crippen LogP contribution is -2.54. The van der Waals surface area contributed by atoms with E-state index in [-0.39, 0.29) is 49.2 Å². The van der Waals surface area contributed by atoms with E-state index < -0.39 is 41.5 Å². The zero-order valence-corrected chi connectivity index (χ0v) is 15.2. The van der Waals surface area contributed by atoms with Gasteiger partial charge in [-0.1, -0.05) is 6.07 Å². The predicted octanol–water partition coefficient (Wildman–Crippen LogP) is -0.909. The molecule has 3 rings (SSSR count). The second-order valence-corrected chi connectivity index (χ2v) is 6.52. The van der Waals surface area contributed by atoms with Crippen LogP contribution in [0, 0.1) is 0 Å². The summed E-state index contributed by atoms with van der Waals surface area (Å²) in [5.41, 5.74) is 0.376. The number of aliphatic carboxylic acids is 1. The van der Waals surface area contributed by atoms with E-state index in [1.54, 1.807) is 0 Å². The Morgan fingerprint density at radius 2 is 1.93 bits per heavy atom. The summed E-state index contributed by atoms with van der Waals surface area (Å²) in [6.07, 6.45) is -0.156. The van der Waals surface area contributed by atoms with E-state index in [1.807, 2.05) is 0 Å². The first kappa shape index (κ1) is 20.0. The fourth-order valence-corrected chi connectivity index (χ4v) is 3.21. The Balaban J connectivity index is 1.73. The standard InChI is InChI=1S/C18H18N4O7/c23-12-5-4-11(16(27)21-12)22-17(28)9-2-1-3-10(15(9)18(22)29)20-8-13(24)19-7-6-14(25)26/h1-3,11,20H,4-8H2,(H,19,24)(H,25,26)(H,21,23,27). The van der Waals surface area contributed by atoms with Crippen molar-refractivity contribution in [3.8, 4) is 0 Å². The van der Waals surface area contributed by atoms with Gasteiger partial charge >= 0.3 is 5.97 Å². The van der Waals surface area contributed by atoms with E-state index >= 15 is 0 Å². The van der Waals surface area contributed by atoms with Gasteiger partial charge in [-0.15, -0.1) is 0 Å². The predicted molar refractivity (Wildman–Crippen MR) is 96.9 cm³/mol. The van der Waals surface area contributed by atoms with Gasteiger partial charge in [0.05, 0.1) is 24.1 Å². The summed E-state index contributed by atoms with van der Waals surface area (Å²) in [5, 5.41) is 15.9. The lowest BCUT2D eigenvalue weighted by Gasteiger charge is -2.27. The van der Waals surface area contributed by atoms with Crippen LogP contribution in [-0.2, 0) is 19.2 Å². The number of nitrogens with zero attached hydrogens (tertiary/aromatic N) is 1. The molecule has 11 nitrogen and oxygen atoms in total. The first-order chi connectivity index (χ1) is 13.8. The van der Waals surface area contributed by atoms with Crippen molar-refractivity contribution < 1.29 is 33.9 Å². The van der Waals surface area contributed by atoms with Crippen molar-refractivity contribution in [3.05, 3.63) is 29.3 Å². The quantitative estimate of drug-likeness (QED) is 0.426. The molecule has 2 heterocycles. The van der Waals surface area contributed by atoms with Gasteiger partial charge in [0.1, 0.15) is 6.04 Å². The monoisotopic (exact) mass is 402 g/mol. The molecule has 152 valence electrons. The SMILES string of the molecule is O=C(O)CCNC(=O)CNc1cccc2c1C(=O)N(C1CCC(=O)NC1=O)C2=O. The number of piperidine rings is 1. The Morgan fingerprint density at radius 1 is 1.17 bits per heavy atom. The van der Waals surface area contributed by atoms with Crippen LogP contribution in [0.4, 0.5) is 5.69 Å². The first-order valence-electron chi connectivity index (χ1n) is 8.86. The van der Waals surface area contributed by atoms with Gasteiger partial charge in [0.2, 0.25) is 17.7 Å². The minimum Gasteiger partial charge on any atom is -0.481 e. The van der Waals surface area contributed by atoms with Crippen LogP contribution in [0.2, 0.25) is 0 Å². The van der Waals surface area contributed by atoms with E-state index in [0.717, 1.165) is 4.90 Å². The normalized spacial score (nSPS) is 18.3. The van der Waals surface area contributed by atoms with Crippen LogP contribution in [0.3, 0.4) is 0 Å². The van der Waals surface area contributed by atoms with Gasteiger partial charge in [-0.25, -0.2) is 0 Å². The van der Waals surface area contributed by atoms with Crippen LogP contribution >= 0.6 is 0 Å². The van der Waals surface area contributed by atoms with Crippen LogP contribution in [-0.4, -0.2) is 64.6 Å². The number of amides is 5. The maximum atomic E-state index is 12.9. The molecule has 2 aliphatic rings. The molecule has 4 N–H and O–H groups in total. The summed E-state index contributed by atoms with van der Waals surface area (Å²) >= 11 is 0. The fourth-order valence-electron chi connectivity index (χ4n) is 3.21. The van der Waals surface area contributed by atoms with Crippen LogP contribution < -0.4 is 16.0 Å². The van der Waals surface area contributed by atoms with Gasteiger partial charge < -0.3 is 15.7 Å². The summed E-state index contributed by atoms with van der Waals surface area (Å²) in [7, 11) is 0. The third kappa shape index (κ3) is 4.08. The van der Waals surface area contributed by atoms with E-state index in [9.17, 15) is 28.8 Å². The van der Waals surface area contributed by atoms with Crippen molar-refractivity contribution >= 4 is 41.2 Å². The van der Waals surface area contributed by atoms with Crippen molar-refractivity contribution in [1.29, 1.82) is 0 Å². The number of carboxylic acids is 1. The maximum Gasteiger partial charge on any atom is 0.305 e. The van der Waals surface area contributed by atoms with E-state index in [4.69, 9.17) is 5.11 Å². The Bertz CT molecular complexity index is 927. The highest BCUT2D eigenvalue weighted by atomic mass is 16.4. The van der Waals surface area contributed by atoms with Crippen molar-refractivity contribution in [2.24, 2.45) is 0 Å². The van der Waals surface area contributed by atoms with Gasteiger partial charge in [0.25, 0.3) is 11.8 Å². The zero-order chi connectivity index (χ0) is 21.1. The maximum absolute atomic E-state index is 12.9. The summed E-state index contributed by atoms with van der Waals surface area (Å²) in [6, 6.07) is 3.41. The molecule has 5 amide bonds. The average Bonchev–Trinajstić information content (AvgIpc) is 2.91. The summed E-state index contributed by atoms with van der Waals surface area (Å²) in [6.45, 7) is -0.278. The minimum absolute atomic E-state index is 0.0193. The first-order valence-corrected chi connectivity index (χ1v) is 8.86. The Hall–Kier alpha value is -3.76. The molecule has 1 atom stereocenters. The Morgan fingerprint density at radius 3 is 2.62 bits per heavy atom. The molecule has 0 bridgehead atoms. The highest BCUT2D eigenvalue weighted by Gasteiger charge is 2.45. The van der Waals surface area contributed by atoms with E-state index in [1.165, 1.54) is 18.2 Å². The van der Waals surface area contributed by atoms with E-state index in [0.29, 0.717) is 0 Å². The van der Waals surface area contributed by atoms with Crippen molar-refractivity contribution in [3.63, 3.8) is 0 Å². The average molecular weight is 402 g/mol. The van der Waals surface area contributed by atoms with Crippen LogP contribution in [0.5, 0.6) is 0 Å². The Kier molecular flexibility index (Phi) is 5.57. The van der Waals surface area contributed by atoms with Crippen LogP contribution in [0.25, 0.3) is 0 Å². The number of imide groups is 2. The number of hydrogen-bond donors (Lipinski definition) is 4. The number of hydrogen-bond acceptors (Lipinski definition) is 7. The number of anilines is 1. The van der Waals surface area contributed by atoms with Gasteiger partial charge in [-0.2, -0.15) is 0 Å². The molecule has 0 spiro atoms.